The molecule has 0 saturated heterocycles. The minimum atomic E-state index is -0.969. The van der Waals surface area contributed by atoms with Gasteiger partial charge < -0.3 is 14.9 Å². The van der Waals surface area contributed by atoms with Crippen molar-refractivity contribution in [2.45, 2.75) is 33.1 Å². The lowest BCUT2D eigenvalue weighted by atomic mass is 10.0. The highest BCUT2D eigenvalue weighted by atomic mass is 16.4. The summed E-state index contributed by atoms with van der Waals surface area (Å²) in [5.41, 5.74) is 4.23. The van der Waals surface area contributed by atoms with Gasteiger partial charge in [-0.1, -0.05) is 24.3 Å². The van der Waals surface area contributed by atoms with Gasteiger partial charge >= 0.3 is 5.97 Å². The zero-order chi connectivity index (χ0) is 20.1. The van der Waals surface area contributed by atoms with Crippen molar-refractivity contribution < 1.29 is 14.7 Å². The molecule has 5 heteroatoms. The number of fused-ring (bicyclic) bond motifs is 1. The third-order valence-corrected chi connectivity index (χ3v) is 5.51. The fourth-order valence-electron chi connectivity index (χ4n) is 3.79. The van der Waals surface area contributed by atoms with Crippen LogP contribution in [-0.4, -0.2) is 48.1 Å². The van der Waals surface area contributed by atoms with Crippen molar-refractivity contribution in [3.63, 3.8) is 0 Å². The molecule has 148 valence electrons. The number of hydrogen-bond donors (Lipinski definition) is 1. The Morgan fingerprint density at radius 3 is 2.54 bits per heavy atom. The smallest absolute Gasteiger partial charge is 0.335 e. The molecular weight excluding hydrogens is 352 g/mol. The Bertz CT molecular complexity index is 863. The van der Waals surface area contributed by atoms with E-state index in [1.165, 1.54) is 17.2 Å². The fraction of sp³-hybridized carbons (Fsp3) is 0.391. The lowest BCUT2D eigenvalue weighted by molar-refractivity contribution is 0.0694. The molecule has 1 amide bonds. The van der Waals surface area contributed by atoms with Gasteiger partial charge in [-0.15, -0.1) is 0 Å². The van der Waals surface area contributed by atoms with Gasteiger partial charge in [-0.2, -0.15) is 0 Å². The monoisotopic (exact) mass is 380 g/mol. The normalized spacial score (nSPS) is 14.0. The number of unbranched alkanes of at least 4 members (excludes halogenated alkanes) is 1. The first kappa shape index (κ1) is 19.9. The molecule has 1 N–H and O–H groups in total. The average Bonchev–Trinajstić information content (AvgIpc) is 2.83. The van der Waals surface area contributed by atoms with E-state index < -0.39 is 5.97 Å². The lowest BCUT2D eigenvalue weighted by Gasteiger charge is -2.23. The van der Waals surface area contributed by atoms with Crippen molar-refractivity contribution in [3.8, 4) is 0 Å². The molecule has 5 nitrogen and oxygen atoms in total. The summed E-state index contributed by atoms with van der Waals surface area (Å²) in [6.45, 7) is 7.01. The zero-order valence-electron chi connectivity index (χ0n) is 16.6. The van der Waals surface area contributed by atoms with Gasteiger partial charge in [0.25, 0.3) is 5.91 Å². The number of carbonyl (C=O) groups is 2. The van der Waals surface area contributed by atoms with Crippen LogP contribution in [0.1, 0.15) is 51.6 Å². The number of hydrogen-bond acceptors (Lipinski definition) is 3. The van der Waals surface area contributed by atoms with E-state index in [0.717, 1.165) is 44.6 Å². The number of carboxylic acids is 1. The highest BCUT2D eigenvalue weighted by Gasteiger charge is 2.26. The molecule has 0 spiro atoms. The predicted octanol–water partition coefficient (Wildman–Crippen LogP) is 4.00. The molecule has 2 aromatic rings. The Labute approximate surface area is 166 Å². The summed E-state index contributed by atoms with van der Waals surface area (Å²) < 4.78 is 0. The van der Waals surface area contributed by atoms with Crippen LogP contribution in [0.2, 0.25) is 0 Å². The number of amides is 1. The number of rotatable bonds is 7. The Hall–Kier alpha value is -2.82. The fourth-order valence-corrected chi connectivity index (χ4v) is 3.79. The summed E-state index contributed by atoms with van der Waals surface area (Å²) >= 11 is 0. The molecule has 0 saturated carbocycles. The van der Waals surface area contributed by atoms with Gasteiger partial charge in [-0.3, -0.25) is 4.79 Å². The van der Waals surface area contributed by atoms with Gasteiger partial charge in [-0.05, 0) is 62.4 Å². The summed E-state index contributed by atoms with van der Waals surface area (Å²) in [4.78, 5) is 28.4. The van der Waals surface area contributed by atoms with E-state index in [1.807, 2.05) is 11.8 Å². The molecule has 3 rings (SSSR count). The summed E-state index contributed by atoms with van der Waals surface area (Å²) in [7, 11) is 0. The van der Waals surface area contributed by atoms with Crippen molar-refractivity contribution in [1.82, 2.24) is 4.90 Å². The van der Waals surface area contributed by atoms with Crippen LogP contribution in [0.25, 0.3) is 0 Å². The summed E-state index contributed by atoms with van der Waals surface area (Å²) in [6.07, 6.45) is 3.01. The molecule has 0 radical (unpaired) electrons. The van der Waals surface area contributed by atoms with Crippen molar-refractivity contribution >= 4 is 17.6 Å². The molecule has 0 fully saturated rings. The maximum atomic E-state index is 13.0. The molecule has 0 aliphatic carbocycles. The van der Waals surface area contributed by atoms with Crippen LogP contribution in [0.3, 0.4) is 0 Å². The molecule has 0 atom stereocenters. The van der Waals surface area contributed by atoms with Crippen LogP contribution >= 0.6 is 0 Å². The Kier molecular flexibility index (Phi) is 6.34. The van der Waals surface area contributed by atoms with E-state index in [0.29, 0.717) is 12.1 Å². The Morgan fingerprint density at radius 2 is 1.82 bits per heavy atom. The van der Waals surface area contributed by atoms with Gasteiger partial charge in [0.15, 0.2) is 0 Å². The van der Waals surface area contributed by atoms with E-state index in [-0.39, 0.29) is 11.5 Å². The largest absolute Gasteiger partial charge is 0.478 e. The number of likely N-dealkylation sites (N-methyl/N-ethyl adjacent to an activating group) is 1. The van der Waals surface area contributed by atoms with Crippen molar-refractivity contribution in [2.24, 2.45) is 0 Å². The molecule has 1 heterocycles. The molecule has 1 aliphatic heterocycles. The summed E-state index contributed by atoms with van der Waals surface area (Å²) in [5.74, 6) is -0.970. The second-order valence-corrected chi connectivity index (χ2v) is 7.29. The lowest BCUT2D eigenvalue weighted by Crippen LogP contribution is -2.35. The molecule has 2 aromatic carbocycles. The van der Waals surface area contributed by atoms with E-state index >= 15 is 0 Å². The van der Waals surface area contributed by atoms with E-state index in [2.05, 4.69) is 36.1 Å². The van der Waals surface area contributed by atoms with Crippen molar-refractivity contribution in [3.05, 3.63) is 64.7 Å². The van der Waals surface area contributed by atoms with Crippen LogP contribution < -0.4 is 4.90 Å². The third kappa shape index (κ3) is 4.35. The number of aromatic carboxylic acids is 1. The third-order valence-electron chi connectivity index (χ3n) is 5.51. The van der Waals surface area contributed by atoms with Crippen molar-refractivity contribution in [1.29, 1.82) is 0 Å². The average molecular weight is 380 g/mol. The van der Waals surface area contributed by atoms with E-state index in [4.69, 9.17) is 0 Å². The maximum absolute atomic E-state index is 13.0. The first-order valence-corrected chi connectivity index (χ1v) is 9.97. The molecule has 1 aliphatic rings. The second kappa shape index (κ2) is 8.91. The van der Waals surface area contributed by atoms with Crippen LogP contribution in [0.4, 0.5) is 5.69 Å². The highest BCUT2D eigenvalue weighted by Crippen LogP contribution is 2.27. The number of aryl methyl sites for hydroxylation is 2. The van der Waals surface area contributed by atoms with Gasteiger partial charge in [0, 0.05) is 26.2 Å². The first-order valence-electron chi connectivity index (χ1n) is 9.97. The number of nitrogens with zero attached hydrogens (tertiary/aromatic N) is 2. The second-order valence-electron chi connectivity index (χ2n) is 7.29. The SMILES string of the molecule is CCN1CCN(CCCCc2ccccc2C)C(=O)c2ccc(C(=O)O)cc21. The van der Waals surface area contributed by atoms with Gasteiger partial charge in [0.2, 0.25) is 0 Å². The quantitative estimate of drug-likeness (QED) is 0.738. The number of carbonyl (C=O) groups excluding carboxylic acids is 1. The van der Waals surface area contributed by atoms with Gasteiger partial charge in [0.1, 0.15) is 0 Å². The first-order chi connectivity index (χ1) is 13.5. The van der Waals surface area contributed by atoms with Crippen molar-refractivity contribution in [2.75, 3.05) is 31.1 Å². The molecular formula is C23H28N2O3. The number of anilines is 1. The number of carboxylic acid groups (broad SMARTS) is 1. The maximum Gasteiger partial charge on any atom is 0.335 e. The van der Waals surface area contributed by atoms with E-state index in [1.54, 1.807) is 12.1 Å². The zero-order valence-corrected chi connectivity index (χ0v) is 16.6. The molecule has 0 bridgehead atoms. The predicted molar refractivity (Wildman–Crippen MR) is 111 cm³/mol. The Balaban J connectivity index is 1.67. The minimum absolute atomic E-state index is 0.00113. The number of benzene rings is 2. The Morgan fingerprint density at radius 1 is 1.07 bits per heavy atom. The van der Waals surface area contributed by atoms with Crippen LogP contribution in [0, 0.1) is 6.92 Å². The highest BCUT2D eigenvalue weighted by molar-refractivity contribution is 6.02. The summed E-state index contributed by atoms with van der Waals surface area (Å²) in [5, 5.41) is 9.28. The van der Waals surface area contributed by atoms with E-state index in [9.17, 15) is 14.7 Å². The minimum Gasteiger partial charge on any atom is -0.478 e. The van der Waals surface area contributed by atoms with Crippen LogP contribution in [-0.2, 0) is 6.42 Å². The van der Waals surface area contributed by atoms with Gasteiger partial charge in [-0.25, -0.2) is 4.79 Å². The molecule has 28 heavy (non-hydrogen) atoms. The van der Waals surface area contributed by atoms with Crippen LogP contribution in [0.15, 0.2) is 42.5 Å². The summed E-state index contributed by atoms with van der Waals surface area (Å²) in [6, 6.07) is 13.2. The molecule has 0 unspecified atom stereocenters. The topological polar surface area (TPSA) is 60.9 Å². The molecule has 0 aromatic heterocycles. The van der Waals surface area contributed by atoms with Gasteiger partial charge in [0.05, 0.1) is 16.8 Å². The van der Waals surface area contributed by atoms with Crippen LogP contribution in [0.5, 0.6) is 0 Å². The standard InChI is InChI=1S/C23H28N2O3/c1-3-24-14-15-25(13-7-6-10-18-9-5-4-8-17(18)2)22(26)20-12-11-19(23(27)28)16-21(20)24/h4-5,8-9,11-12,16H,3,6-7,10,13-15H2,1-2H3,(H,27,28).